The molecule has 1 aromatic heterocycles. The number of carboxylic acids is 2. The summed E-state index contributed by atoms with van der Waals surface area (Å²) in [5.41, 5.74) is -1.56. The van der Waals surface area contributed by atoms with Crippen molar-refractivity contribution in [2.45, 2.75) is 12.0 Å². The van der Waals surface area contributed by atoms with Gasteiger partial charge in [-0.25, -0.2) is 9.59 Å². The van der Waals surface area contributed by atoms with Crippen LogP contribution in [0.4, 0.5) is 0 Å². The number of carbonyl (C=O) groups is 2. The van der Waals surface area contributed by atoms with Crippen molar-refractivity contribution in [1.82, 2.24) is 0 Å². The third-order valence-electron chi connectivity index (χ3n) is 2.07. The molecule has 0 saturated carbocycles. The Bertz CT molecular complexity index is 343. The third-order valence-corrected chi connectivity index (χ3v) is 2.80. The van der Waals surface area contributed by atoms with E-state index in [-0.39, 0.29) is 6.42 Å². The average Bonchev–Trinajstić information content (AvgIpc) is 2.65. The minimum absolute atomic E-state index is 0.183. The maximum atomic E-state index is 10.9. The number of aliphatic carboxylic acids is 2. The lowest BCUT2D eigenvalue weighted by Gasteiger charge is -2.22. The van der Waals surface area contributed by atoms with E-state index in [1.165, 1.54) is 11.3 Å². The van der Waals surface area contributed by atoms with Crippen LogP contribution in [0.2, 0.25) is 0 Å². The Morgan fingerprint density at radius 2 is 2.07 bits per heavy atom. The predicted octanol–water partition coefficient (Wildman–Crippen LogP) is 0.845. The summed E-state index contributed by atoms with van der Waals surface area (Å²) in [5, 5.41) is 21.2. The molecule has 1 aromatic rings. The lowest BCUT2D eigenvalue weighted by Crippen LogP contribution is -2.50. The number of rotatable bonds is 5. The Hall–Kier alpha value is -1.40. The highest BCUT2D eigenvalue weighted by Gasteiger charge is 2.47. The fraction of sp³-hybridized carbons (Fsp3) is 0.333. The van der Waals surface area contributed by atoms with Gasteiger partial charge < -0.3 is 14.9 Å². The average molecular weight is 230 g/mol. The number of methoxy groups -OCH3 is 1. The van der Waals surface area contributed by atoms with Gasteiger partial charge in [-0.2, -0.15) is 11.3 Å². The molecule has 0 aliphatic heterocycles. The van der Waals surface area contributed by atoms with Crippen LogP contribution in [-0.2, 0) is 20.7 Å². The van der Waals surface area contributed by atoms with E-state index >= 15 is 0 Å². The second kappa shape index (κ2) is 4.41. The molecule has 15 heavy (non-hydrogen) atoms. The highest BCUT2D eigenvalue weighted by atomic mass is 32.1. The van der Waals surface area contributed by atoms with Gasteiger partial charge in [0.2, 0.25) is 0 Å². The van der Waals surface area contributed by atoms with E-state index in [4.69, 9.17) is 10.2 Å². The number of thiophene rings is 1. The first-order chi connectivity index (χ1) is 7.03. The minimum Gasteiger partial charge on any atom is -0.479 e. The standard InChI is InChI=1S/C9H10O5S/c1-14-9(7(10)11,8(12)13)4-6-2-3-15-5-6/h2-3,5H,4H2,1H3,(H,10,11)(H,12,13). The van der Waals surface area contributed by atoms with Gasteiger partial charge in [0.05, 0.1) is 0 Å². The number of ether oxygens (including phenoxy) is 1. The predicted molar refractivity (Wildman–Crippen MR) is 53.0 cm³/mol. The Morgan fingerprint density at radius 3 is 2.40 bits per heavy atom. The quantitative estimate of drug-likeness (QED) is 0.732. The van der Waals surface area contributed by atoms with Crippen LogP contribution >= 0.6 is 11.3 Å². The molecule has 0 unspecified atom stereocenters. The zero-order valence-electron chi connectivity index (χ0n) is 7.97. The van der Waals surface area contributed by atoms with Gasteiger partial charge in [0.15, 0.2) is 0 Å². The first-order valence-electron chi connectivity index (χ1n) is 4.06. The van der Waals surface area contributed by atoms with Crippen LogP contribution < -0.4 is 0 Å². The van der Waals surface area contributed by atoms with Gasteiger partial charge in [-0.1, -0.05) is 0 Å². The van der Waals surface area contributed by atoms with Gasteiger partial charge in [0.1, 0.15) is 0 Å². The zero-order chi connectivity index (χ0) is 11.5. The van der Waals surface area contributed by atoms with Crippen LogP contribution in [0.1, 0.15) is 5.56 Å². The molecular formula is C9H10O5S. The topological polar surface area (TPSA) is 83.8 Å². The first kappa shape index (κ1) is 11.7. The van der Waals surface area contributed by atoms with E-state index in [0.29, 0.717) is 5.56 Å². The molecule has 0 spiro atoms. The van der Waals surface area contributed by atoms with Crippen molar-refractivity contribution < 1.29 is 24.5 Å². The summed E-state index contributed by atoms with van der Waals surface area (Å²) in [6.45, 7) is 0. The molecule has 0 saturated heterocycles. The molecule has 82 valence electrons. The van der Waals surface area contributed by atoms with Gasteiger partial charge >= 0.3 is 11.9 Å². The van der Waals surface area contributed by atoms with Crippen LogP contribution in [0.3, 0.4) is 0 Å². The molecule has 0 bridgehead atoms. The Labute approximate surface area is 89.9 Å². The molecule has 0 aromatic carbocycles. The lowest BCUT2D eigenvalue weighted by atomic mass is 9.96. The van der Waals surface area contributed by atoms with Crippen molar-refractivity contribution in [1.29, 1.82) is 0 Å². The monoisotopic (exact) mass is 230 g/mol. The maximum Gasteiger partial charge on any atom is 0.348 e. The third kappa shape index (κ3) is 2.16. The largest absolute Gasteiger partial charge is 0.479 e. The van der Waals surface area contributed by atoms with Crippen LogP contribution in [0.25, 0.3) is 0 Å². The van der Waals surface area contributed by atoms with E-state index in [9.17, 15) is 9.59 Å². The van der Waals surface area contributed by atoms with E-state index in [0.717, 1.165) is 7.11 Å². The maximum absolute atomic E-state index is 10.9. The fourth-order valence-electron chi connectivity index (χ4n) is 1.17. The van der Waals surface area contributed by atoms with Gasteiger partial charge in [-0.05, 0) is 22.4 Å². The fourth-order valence-corrected chi connectivity index (χ4v) is 1.84. The molecular weight excluding hydrogens is 220 g/mol. The number of hydrogen-bond acceptors (Lipinski definition) is 4. The van der Waals surface area contributed by atoms with Crippen LogP contribution in [0.5, 0.6) is 0 Å². The summed E-state index contributed by atoms with van der Waals surface area (Å²) in [4.78, 5) is 21.8. The molecule has 0 radical (unpaired) electrons. The Morgan fingerprint density at radius 1 is 1.47 bits per heavy atom. The van der Waals surface area contributed by atoms with E-state index in [1.807, 2.05) is 0 Å². The molecule has 0 atom stereocenters. The van der Waals surface area contributed by atoms with E-state index < -0.39 is 17.5 Å². The normalized spacial score (nSPS) is 11.3. The summed E-state index contributed by atoms with van der Waals surface area (Å²) in [6, 6.07) is 1.67. The second-order valence-electron chi connectivity index (χ2n) is 2.95. The highest BCUT2D eigenvalue weighted by Crippen LogP contribution is 2.20. The lowest BCUT2D eigenvalue weighted by molar-refractivity contribution is -0.179. The molecule has 2 N–H and O–H groups in total. The molecule has 5 nitrogen and oxygen atoms in total. The molecule has 0 amide bonds. The Kier molecular flexibility index (Phi) is 3.43. The summed E-state index contributed by atoms with van der Waals surface area (Å²) < 4.78 is 4.64. The SMILES string of the molecule is COC(Cc1ccsc1)(C(=O)O)C(=O)O. The van der Waals surface area contributed by atoms with Gasteiger partial charge in [-0.15, -0.1) is 0 Å². The highest BCUT2D eigenvalue weighted by molar-refractivity contribution is 7.07. The van der Waals surface area contributed by atoms with Crippen LogP contribution in [-0.4, -0.2) is 34.9 Å². The molecule has 0 fully saturated rings. The van der Waals surface area contributed by atoms with Gasteiger partial charge in [0.25, 0.3) is 5.60 Å². The van der Waals surface area contributed by atoms with Crippen molar-refractivity contribution in [3.8, 4) is 0 Å². The number of carboxylic acid groups (broad SMARTS) is 2. The van der Waals surface area contributed by atoms with Gasteiger partial charge in [0, 0.05) is 13.5 Å². The van der Waals surface area contributed by atoms with E-state index in [1.54, 1.807) is 16.8 Å². The molecule has 0 aliphatic rings. The van der Waals surface area contributed by atoms with Crippen molar-refractivity contribution in [3.05, 3.63) is 22.4 Å². The summed E-state index contributed by atoms with van der Waals surface area (Å²) in [6.07, 6.45) is -0.183. The van der Waals surface area contributed by atoms with Crippen molar-refractivity contribution in [3.63, 3.8) is 0 Å². The van der Waals surface area contributed by atoms with Crippen molar-refractivity contribution in [2.75, 3.05) is 7.11 Å². The van der Waals surface area contributed by atoms with Crippen molar-refractivity contribution >= 4 is 23.3 Å². The van der Waals surface area contributed by atoms with Crippen molar-refractivity contribution in [2.24, 2.45) is 0 Å². The second-order valence-corrected chi connectivity index (χ2v) is 3.73. The number of hydrogen-bond donors (Lipinski definition) is 2. The zero-order valence-corrected chi connectivity index (χ0v) is 8.78. The first-order valence-corrected chi connectivity index (χ1v) is 5.00. The van der Waals surface area contributed by atoms with E-state index in [2.05, 4.69) is 4.74 Å². The molecule has 6 heteroatoms. The minimum atomic E-state index is -2.19. The summed E-state index contributed by atoms with van der Waals surface area (Å²) in [7, 11) is 1.08. The van der Waals surface area contributed by atoms with Gasteiger partial charge in [-0.3, -0.25) is 0 Å². The molecule has 1 rings (SSSR count). The summed E-state index contributed by atoms with van der Waals surface area (Å²) in [5.74, 6) is -2.99. The molecule has 0 aliphatic carbocycles. The molecule has 1 heterocycles. The van der Waals surface area contributed by atoms with Crippen LogP contribution in [0, 0.1) is 0 Å². The smallest absolute Gasteiger partial charge is 0.348 e. The van der Waals surface area contributed by atoms with Crippen LogP contribution in [0.15, 0.2) is 16.8 Å². The Balaban J connectivity index is 3.00. The summed E-state index contributed by atoms with van der Waals surface area (Å²) >= 11 is 1.37.